The third-order valence-corrected chi connectivity index (χ3v) is 7.17. The van der Waals surface area contributed by atoms with Gasteiger partial charge in [-0.05, 0) is 49.2 Å². The van der Waals surface area contributed by atoms with Crippen LogP contribution in [0.3, 0.4) is 0 Å². The van der Waals surface area contributed by atoms with Crippen LogP contribution in [0.4, 0.5) is 13.2 Å². The molecule has 5 nitrogen and oxygen atoms in total. The van der Waals surface area contributed by atoms with Gasteiger partial charge in [-0.2, -0.15) is 0 Å². The summed E-state index contributed by atoms with van der Waals surface area (Å²) in [4.78, 5) is 14.3. The minimum absolute atomic E-state index is 0.00164. The number of benzene rings is 2. The van der Waals surface area contributed by atoms with Gasteiger partial charge in [0.05, 0.1) is 25.4 Å². The molecule has 1 fully saturated rings. The molecule has 34 heavy (non-hydrogen) atoms. The number of halogens is 3. The van der Waals surface area contributed by atoms with E-state index in [1.54, 1.807) is 7.11 Å². The van der Waals surface area contributed by atoms with Crippen LogP contribution in [0.15, 0.2) is 36.4 Å². The second kappa shape index (κ2) is 10.5. The number of carbonyl (C=O) groups excluding carboxylic acids is 1. The number of rotatable bonds is 8. The van der Waals surface area contributed by atoms with Crippen LogP contribution in [-0.2, 0) is 26.2 Å². The maximum Gasteiger partial charge on any atom is 0.220 e. The summed E-state index contributed by atoms with van der Waals surface area (Å²) in [5.74, 6) is -2.97. The number of methoxy groups -OCH3 is 1. The number of amides is 1. The summed E-state index contributed by atoms with van der Waals surface area (Å²) in [6, 6.07) is 9.54. The lowest BCUT2D eigenvalue weighted by atomic mass is 9.71. The molecule has 1 saturated heterocycles. The SMILES string of the molecule is CCC(=O)N[C@H]1c2ccccc2C2(CCN(Cc3c(F)ccc(F)c3F)CC2)[C@@H]1OCCOC. The van der Waals surface area contributed by atoms with Crippen LogP contribution >= 0.6 is 0 Å². The first-order chi connectivity index (χ1) is 16.4. The fourth-order valence-corrected chi connectivity index (χ4v) is 5.40. The lowest BCUT2D eigenvalue weighted by molar-refractivity contribution is -0.124. The molecule has 0 radical (unpaired) electrons. The highest BCUT2D eigenvalue weighted by Gasteiger charge is 2.54. The number of carbonyl (C=O) groups is 1. The number of likely N-dealkylation sites (tertiary alicyclic amines) is 1. The first kappa shape index (κ1) is 24.7. The van der Waals surface area contributed by atoms with Crippen LogP contribution in [0, 0.1) is 17.5 Å². The zero-order valence-corrected chi connectivity index (χ0v) is 19.6. The Hall–Kier alpha value is -2.42. The Bertz CT molecular complexity index is 1020. The second-order valence-electron chi connectivity index (χ2n) is 9.02. The Labute approximate surface area is 198 Å². The average molecular weight is 477 g/mol. The fourth-order valence-electron chi connectivity index (χ4n) is 5.40. The molecule has 1 heterocycles. The van der Waals surface area contributed by atoms with Crippen LogP contribution < -0.4 is 5.32 Å². The van der Waals surface area contributed by atoms with Gasteiger partial charge in [-0.15, -0.1) is 0 Å². The standard InChI is InChI=1S/C26H31F3N2O3/c1-3-22(32)30-24-17-6-4-5-7-19(17)26(25(24)34-15-14-33-2)10-12-31(13-11-26)16-18-20(27)8-9-21(28)23(18)29/h4-9,24-25H,3,10-16H2,1-2H3,(H,30,32)/t24-,25+/m0/s1. The van der Waals surface area contributed by atoms with Gasteiger partial charge in [0.15, 0.2) is 11.6 Å². The topological polar surface area (TPSA) is 50.8 Å². The minimum Gasteiger partial charge on any atom is -0.382 e. The molecule has 2 aliphatic rings. The Morgan fingerprint density at radius 2 is 1.79 bits per heavy atom. The van der Waals surface area contributed by atoms with Gasteiger partial charge >= 0.3 is 0 Å². The summed E-state index contributed by atoms with van der Waals surface area (Å²) in [5.41, 5.74) is 1.58. The van der Waals surface area contributed by atoms with Gasteiger partial charge in [-0.1, -0.05) is 31.2 Å². The number of piperidine rings is 1. The Balaban J connectivity index is 1.60. The zero-order valence-electron chi connectivity index (χ0n) is 19.6. The molecule has 2 aromatic carbocycles. The Morgan fingerprint density at radius 1 is 1.09 bits per heavy atom. The number of hydrogen-bond donors (Lipinski definition) is 1. The summed E-state index contributed by atoms with van der Waals surface area (Å²) in [6.07, 6.45) is 1.44. The van der Waals surface area contributed by atoms with Gasteiger partial charge in [0.1, 0.15) is 5.82 Å². The van der Waals surface area contributed by atoms with Gasteiger partial charge < -0.3 is 14.8 Å². The van der Waals surface area contributed by atoms with Gasteiger partial charge in [0.25, 0.3) is 0 Å². The maximum atomic E-state index is 14.2. The molecule has 1 amide bonds. The summed E-state index contributed by atoms with van der Waals surface area (Å²) in [5, 5.41) is 3.15. The number of nitrogens with one attached hydrogen (secondary N) is 1. The highest BCUT2D eigenvalue weighted by atomic mass is 19.2. The number of hydrogen-bond acceptors (Lipinski definition) is 4. The van der Waals surface area contributed by atoms with Crippen LogP contribution in [0.5, 0.6) is 0 Å². The normalized spacial score (nSPS) is 21.6. The molecule has 2 aromatic rings. The number of fused-ring (bicyclic) bond motifs is 2. The largest absolute Gasteiger partial charge is 0.382 e. The van der Waals surface area contributed by atoms with Crippen molar-refractivity contribution in [1.29, 1.82) is 0 Å². The molecule has 0 bridgehead atoms. The summed E-state index contributed by atoms with van der Waals surface area (Å²) in [6.45, 7) is 3.75. The van der Waals surface area contributed by atoms with E-state index in [9.17, 15) is 18.0 Å². The van der Waals surface area contributed by atoms with Crippen molar-refractivity contribution < 1.29 is 27.4 Å². The second-order valence-corrected chi connectivity index (χ2v) is 9.02. The molecule has 1 aliphatic heterocycles. The summed E-state index contributed by atoms with van der Waals surface area (Å²) < 4.78 is 53.7. The number of nitrogens with zero attached hydrogens (tertiary/aromatic N) is 1. The predicted molar refractivity (Wildman–Crippen MR) is 122 cm³/mol. The van der Waals surface area contributed by atoms with E-state index >= 15 is 0 Å². The molecule has 2 atom stereocenters. The lowest BCUT2D eigenvalue weighted by Crippen LogP contribution is -2.51. The average Bonchev–Trinajstić information content (AvgIpc) is 3.09. The summed E-state index contributed by atoms with van der Waals surface area (Å²) in [7, 11) is 1.61. The molecular weight excluding hydrogens is 445 g/mol. The van der Waals surface area contributed by atoms with E-state index in [2.05, 4.69) is 11.4 Å². The van der Waals surface area contributed by atoms with E-state index in [1.807, 2.05) is 30.0 Å². The molecule has 1 spiro atoms. The zero-order chi connectivity index (χ0) is 24.3. The van der Waals surface area contributed by atoms with Crippen molar-refractivity contribution in [2.75, 3.05) is 33.4 Å². The minimum atomic E-state index is -1.13. The van der Waals surface area contributed by atoms with E-state index in [1.165, 1.54) is 0 Å². The van der Waals surface area contributed by atoms with Gasteiger partial charge in [-0.25, -0.2) is 13.2 Å². The first-order valence-electron chi connectivity index (χ1n) is 11.7. The van der Waals surface area contributed by atoms with E-state index in [0.717, 1.165) is 23.3 Å². The molecule has 1 N–H and O–H groups in total. The smallest absolute Gasteiger partial charge is 0.220 e. The summed E-state index contributed by atoms with van der Waals surface area (Å²) >= 11 is 0. The highest BCUT2D eigenvalue weighted by Crippen LogP contribution is 2.52. The third-order valence-electron chi connectivity index (χ3n) is 7.17. The molecule has 184 valence electrons. The monoisotopic (exact) mass is 476 g/mol. The highest BCUT2D eigenvalue weighted by molar-refractivity contribution is 5.76. The van der Waals surface area contributed by atoms with E-state index in [0.29, 0.717) is 45.6 Å². The fraction of sp³-hybridized carbons (Fsp3) is 0.500. The maximum absolute atomic E-state index is 14.2. The third kappa shape index (κ3) is 4.59. The van der Waals surface area contributed by atoms with Crippen molar-refractivity contribution >= 4 is 5.91 Å². The van der Waals surface area contributed by atoms with Crippen LogP contribution in [-0.4, -0.2) is 50.3 Å². The molecule has 0 unspecified atom stereocenters. The quantitative estimate of drug-likeness (QED) is 0.457. The number of ether oxygens (including phenoxy) is 2. The van der Waals surface area contributed by atoms with Crippen molar-refractivity contribution in [2.24, 2.45) is 0 Å². The Morgan fingerprint density at radius 3 is 2.50 bits per heavy atom. The van der Waals surface area contributed by atoms with Crippen LogP contribution in [0.2, 0.25) is 0 Å². The van der Waals surface area contributed by atoms with Crippen molar-refractivity contribution in [2.45, 2.75) is 50.3 Å². The van der Waals surface area contributed by atoms with Gasteiger partial charge in [0.2, 0.25) is 5.91 Å². The van der Waals surface area contributed by atoms with Gasteiger partial charge in [-0.3, -0.25) is 9.69 Å². The van der Waals surface area contributed by atoms with Crippen LogP contribution in [0.1, 0.15) is 48.9 Å². The molecule has 0 aromatic heterocycles. The van der Waals surface area contributed by atoms with Gasteiger partial charge in [0, 0.05) is 31.1 Å². The van der Waals surface area contributed by atoms with Crippen molar-refractivity contribution in [3.05, 3.63) is 70.5 Å². The molecule has 8 heteroatoms. The molecule has 4 rings (SSSR count). The van der Waals surface area contributed by atoms with Crippen molar-refractivity contribution in [3.63, 3.8) is 0 Å². The molecular formula is C26H31F3N2O3. The van der Waals surface area contributed by atoms with Crippen molar-refractivity contribution in [1.82, 2.24) is 10.2 Å². The molecule has 1 aliphatic carbocycles. The molecule has 0 saturated carbocycles. The lowest BCUT2D eigenvalue weighted by Gasteiger charge is -2.44. The Kier molecular flexibility index (Phi) is 7.60. The van der Waals surface area contributed by atoms with E-state index in [-0.39, 0.29) is 35.6 Å². The van der Waals surface area contributed by atoms with E-state index < -0.39 is 17.5 Å². The van der Waals surface area contributed by atoms with E-state index in [4.69, 9.17) is 9.47 Å². The predicted octanol–water partition coefficient (Wildman–Crippen LogP) is 4.25. The van der Waals surface area contributed by atoms with Crippen LogP contribution in [0.25, 0.3) is 0 Å². The first-order valence-corrected chi connectivity index (χ1v) is 11.7. The van der Waals surface area contributed by atoms with Crippen molar-refractivity contribution in [3.8, 4) is 0 Å².